The minimum atomic E-state index is -0.238. The zero-order valence-electron chi connectivity index (χ0n) is 12.3. The van der Waals surface area contributed by atoms with Gasteiger partial charge in [-0.2, -0.15) is 0 Å². The normalized spacial score (nSPS) is 16.1. The van der Waals surface area contributed by atoms with Gasteiger partial charge in [0.2, 0.25) is 0 Å². The van der Waals surface area contributed by atoms with E-state index in [0.717, 1.165) is 29.2 Å². The Hall–Kier alpha value is -2.69. The molecule has 0 bridgehead atoms. The van der Waals surface area contributed by atoms with Crippen molar-refractivity contribution >= 4 is 11.7 Å². The van der Waals surface area contributed by atoms with Gasteiger partial charge in [0.05, 0.1) is 13.2 Å². The van der Waals surface area contributed by atoms with Crippen LogP contribution in [0.1, 0.15) is 5.56 Å². The summed E-state index contributed by atoms with van der Waals surface area (Å²) in [6.45, 7) is 0.479. The molecule has 2 N–H and O–H groups in total. The summed E-state index contributed by atoms with van der Waals surface area (Å²) in [5, 5.41) is 5.73. The fourth-order valence-corrected chi connectivity index (χ4v) is 2.45. The average Bonchev–Trinajstić information content (AvgIpc) is 2.55. The van der Waals surface area contributed by atoms with Gasteiger partial charge < -0.3 is 20.1 Å². The van der Waals surface area contributed by atoms with Crippen LogP contribution >= 0.6 is 0 Å². The van der Waals surface area contributed by atoms with Gasteiger partial charge in [0.15, 0.2) is 0 Å². The van der Waals surface area contributed by atoms with Crippen LogP contribution in [0.25, 0.3) is 0 Å². The van der Waals surface area contributed by atoms with Crippen molar-refractivity contribution in [1.82, 2.24) is 5.32 Å². The van der Waals surface area contributed by atoms with Crippen molar-refractivity contribution in [3.05, 3.63) is 54.1 Å². The number of hydrogen-bond acceptors (Lipinski definition) is 3. The molecule has 5 nitrogen and oxygen atoms in total. The predicted molar refractivity (Wildman–Crippen MR) is 84.6 cm³/mol. The molecule has 1 heterocycles. The van der Waals surface area contributed by atoms with E-state index in [4.69, 9.17) is 9.47 Å². The second-order valence-electron chi connectivity index (χ2n) is 5.15. The van der Waals surface area contributed by atoms with Gasteiger partial charge in [0.1, 0.15) is 18.1 Å². The molecule has 2 aromatic carbocycles. The van der Waals surface area contributed by atoms with Crippen molar-refractivity contribution < 1.29 is 14.3 Å². The van der Waals surface area contributed by atoms with E-state index in [0.29, 0.717) is 6.61 Å². The van der Waals surface area contributed by atoms with Gasteiger partial charge in [-0.15, -0.1) is 0 Å². The Kier molecular flexibility index (Phi) is 4.14. The molecule has 1 unspecified atom stereocenters. The molecule has 0 aromatic heterocycles. The minimum absolute atomic E-state index is 0.0341. The second-order valence-corrected chi connectivity index (χ2v) is 5.15. The third-order valence-corrected chi connectivity index (χ3v) is 3.56. The largest absolute Gasteiger partial charge is 0.497 e. The molecule has 1 atom stereocenters. The fourth-order valence-electron chi connectivity index (χ4n) is 2.45. The Morgan fingerprint density at radius 2 is 1.95 bits per heavy atom. The average molecular weight is 298 g/mol. The molecule has 2 amide bonds. The van der Waals surface area contributed by atoms with Crippen molar-refractivity contribution in [3.8, 4) is 11.5 Å². The monoisotopic (exact) mass is 298 g/mol. The first kappa shape index (κ1) is 14.3. The summed E-state index contributed by atoms with van der Waals surface area (Å²) in [7, 11) is 1.61. The summed E-state index contributed by atoms with van der Waals surface area (Å²) in [5.74, 6) is 1.65. The molecular weight excluding hydrogens is 280 g/mol. The molecule has 2 aromatic rings. The summed E-state index contributed by atoms with van der Waals surface area (Å²) >= 11 is 0. The van der Waals surface area contributed by atoms with Gasteiger partial charge >= 0.3 is 6.03 Å². The Balaban J connectivity index is 1.56. The molecule has 1 aliphatic rings. The summed E-state index contributed by atoms with van der Waals surface area (Å²) in [5.41, 5.74) is 1.83. The third kappa shape index (κ3) is 3.31. The number of rotatable bonds is 3. The number of carbonyl (C=O) groups excluding carboxylic acids is 1. The van der Waals surface area contributed by atoms with Crippen LogP contribution in [0.15, 0.2) is 48.5 Å². The standard InChI is InChI=1S/C17H18N2O3/c1-21-15-8-6-13(7-9-15)18-17(20)19-14-10-12-4-2-3-5-16(12)22-11-14/h2-9,14H,10-11H2,1H3,(H2,18,19,20). The van der Waals surface area contributed by atoms with Crippen molar-refractivity contribution in [1.29, 1.82) is 0 Å². The SMILES string of the molecule is COc1ccc(NC(=O)NC2COc3ccccc3C2)cc1. The van der Waals surface area contributed by atoms with E-state index in [2.05, 4.69) is 10.6 Å². The molecule has 0 fully saturated rings. The van der Waals surface area contributed by atoms with Gasteiger partial charge in [0, 0.05) is 5.69 Å². The van der Waals surface area contributed by atoms with E-state index >= 15 is 0 Å². The molecule has 0 aliphatic carbocycles. The van der Waals surface area contributed by atoms with E-state index in [1.54, 1.807) is 31.4 Å². The van der Waals surface area contributed by atoms with Crippen LogP contribution in [0.3, 0.4) is 0 Å². The number of hydrogen-bond donors (Lipinski definition) is 2. The molecule has 1 aliphatic heterocycles. The van der Waals surface area contributed by atoms with Crippen molar-refractivity contribution in [2.45, 2.75) is 12.5 Å². The molecule has 0 saturated carbocycles. The molecule has 0 spiro atoms. The molecule has 114 valence electrons. The maximum atomic E-state index is 12.0. The number of urea groups is 1. The predicted octanol–water partition coefficient (Wildman–Crippen LogP) is 2.82. The lowest BCUT2D eigenvalue weighted by molar-refractivity contribution is 0.222. The molecule has 5 heteroatoms. The lowest BCUT2D eigenvalue weighted by atomic mass is 10.0. The highest BCUT2D eigenvalue weighted by molar-refractivity contribution is 5.89. The Labute approximate surface area is 129 Å². The number of anilines is 1. The second kappa shape index (κ2) is 6.39. The zero-order chi connectivity index (χ0) is 15.4. The maximum Gasteiger partial charge on any atom is 0.319 e. The highest BCUT2D eigenvalue weighted by atomic mass is 16.5. The summed E-state index contributed by atoms with van der Waals surface area (Å²) < 4.78 is 10.7. The van der Waals surface area contributed by atoms with Crippen molar-refractivity contribution in [2.75, 3.05) is 19.0 Å². The van der Waals surface area contributed by atoms with Crippen LogP contribution in [0.5, 0.6) is 11.5 Å². The van der Waals surface area contributed by atoms with Gasteiger partial charge in [-0.05, 0) is 42.3 Å². The topological polar surface area (TPSA) is 59.6 Å². The quantitative estimate of drug-likeness (QED) is 0.916. The minimum Gasteiger partial charge on any atom is -0.497 e. The number of amides is 2. The van der Waals surface area contributed by atoms with E-state index in [-0.39, 0.29) is 12.1 Å². The first-order chi connectivity index (χ1) is 10.7. The summed E-state index contributed by atoms with van der Waals surface area (Å²) in [4.78, 5) is 12.0. The number of fused-ring (bicyclic) bond motifs is 1. The third-order valence-electron chi connectivity index (χ3n) is 3.56. The number of ether oxygens (including phenoxy) is 2. The molecular formula is C17H18N2O3. The van der Waals surface area contributed by atoms with E-state index in [1.165, 1.54) is 0 Å². The smallest absolute Gasteiger partial charge is 0.319 e. The van der Waals surface area contributed by atoms with Crippen LogP contribution in [0.4, 0.5) is 10.5 Å². The molecule has 22 heavy (non-hydrogen) atoms. The van der Waals surface area contributed by atoms with E-state index in [9.17, 15) is 4.79 Å². The molecule has 0 radical (unpaired) electrons. The Morgan fingerprint density at radius 1 is 1.18 bits per heavy atom. The van der Waals surface area contributed by atoms with Crippen molar-refractivity contribution in [2.24, 2.45) is 0 Å². The number of benzene rings is 2. The van der Waals surface area contributed by atoms with E-state index in [1.807, 2.05) is 24.3 Å². The van der Waals surface area contributed by atoms with Gasteiger partial charge in [0.25, 0.3) is 0 Å². The van der Waals surface area contributed by atoms with Crippen molar-refractivity contribution in [3.63, 3.8) is 0 Å². The number of carbonyl (C=O) groups is 1. The summed E-state index contributed by atoms with van der Waals surface area (Å²) in [6.07, 6.45) is 0.770. The first-order valence-corrected chi connectivity index (χ1v) is 7.17. The highest BCUT2D eigenvalue weighted by Gasteiger charge is 2.20. The number of para-hydroxylation sites is 1. The van der Waals surface area contributed by atoms with Crippen LogP contribution in [-0.4, -0.2) is 25.8 Å². The highest BCUT2D eigenvalue weighted by Crippen LogP contribution is 2.24. The molecule has 3 rings (SSSR count). The van der Waals surface area contributed by atoms with Crippen LogP contribution in [0, 0.1) is 0 Å². The summed E-state index contributed by atoms with van der Waals surface area (Å²) in [6, 6.07) is 14.8. The van der Waals surface area contributed by atoms with Crippen LogP contribution < -0.4 is 20.1 Å². The Morgan fingerprint density at radius 3 is 2.73 bits per heavy atom. The lowest BCUT2D eigenvalue weighted by Gasteiger charge is -2.26. The molecule has 0 saturated heterocycles. The number of nitrogens with one attached hydrogen (secondary N) is 2. The zero-order valence-corrected chi connectivity index (χ0v) is 12.3. The van der Waals surface area contributed by atoms with Gasteiger partial charge in [-0.1, -0.05) is 18.2 Å². The van der Waals surface area contributed by atoms with Gasteiger partial charge in [-0.3, -0.25) is 0 Å². The fraction of sp³-hybridized carbons (Fsp3) is 0.235. The maximum absolute atomic E-state index is 12.0. The Bertz CT molecular complexity index is 655. The van der Waals surface area contributed by atoms with Crippen LogP contribution in [-0.2, 0) is 6.42 Å². The first-order valence-electron chi connectivity index (χ1n) is 7.17. The number of methoxy groups -OCH3 is 1. The van der Waals surface area contributed by atoms with Gasteiger partial charge in [-0.25, -0.2) is 4.79 Å². The van der Waals surface area contributed by atoms with E-state index < -0.39 is 0 Å². The lowest BCUT2D eigenvalue weighted by Crippen LogP contribution is -2.44. The van der Waals surface area contributed by atoms with Crippen LogP contribution in [0.2, 0.25) is 0 Å².